The van der Waals surface area contributed by atoms with Crippen LogP contribution in [0.3, 0.4) is 0 Å². The van der Waals surface area contributed by atoms with Gasteiger partial charge in [-0.15, -0.1) is 0 Å². The molecule has 2 aromatic carbocycles. The largest absolute Gasteiger partial charge is 0.481 e. The first kappa shape index (κ1) is 19.2. The standard InChI is InChI=1S/C24H27N3O2/c1-17(29-22-12-11-19-7-3-4-8-20(19)15-22)24(28)26-16-21-9-5-6-10-23(21)27-14-13-25-18(27)2/h5-6,9-15,17H,3-4,7-8,16H2,1-2H3,(H,26,28)/t17-/m1/s1. The van der Waals surface area contributed by atoms with E-state index in [1.807, 2.05) is 48.0 Å². The molecule has 29 heavy (non-hydrogen) atoms. The molecule has 0 aliphatic heterocycles. The SMILES string of the molecule is Cc1nccn1-c1ccccc1CNC(=O)[C@@H](C)Oc1ccc2c(c1)CCCC2. The molecule has 1 aliphatic carbocycles. The van der Waals surface area contributed by atoms with Crippen molar-refractivity contribution in [2.45, 2.75) is 52.2 Å². The highest BCUT2D eigenvalue weighted by Crippen LogP contribution is 2.26. The van der Waals surface area contributed by atoms with E-state index in [9.17, 15) is 4.79 Å². The third-order valence-corrected chi connectivity index (χ3v) is 5.53. The van der Waals surface area contributed by atoms with Crippen LogP contribution in [0, 0.1) is 6.92 Å². The normalized spacial score (nSPS) is 14.1. The Kier molecular flexibility index (Phi) is 5.65. The minimum absolute atomic E-state index is 0.125. The molecule has 5 heteroatoms. The molecule has 1 atom stereocenters. The summed E-state index contributed by atoms with van der Waals surface area (Å²) in [6, 6.07) is 14.2. The summed E-state index contributed by atoms with van der Waals surface area (Å²) in [6.07, 6.45) is 7.86. The zero-order chi connectivity index (χ0) is 20.2. The highest BCUT2D eigenvalue weighted by Gasteiger charge is 2.17. The number of rotatable bonds is 6. The van der Waals surface area contributed by atoms with Crippen molar-refractivity contribution < 1.29 is 9.53 Å². The Morgan fingerprint density at radius 3 is 2.76 bits per heavy atom. The second-order valence-electron chi connectivity index (χ2n) is 7.59. The van der Waals surface area contributed by atoms with Gasteiger partial charge in [-0.05, 0) is 74.4 Å². The number of nitrogens with one attached hydrogen (secondary N) is 1. The first-order valence-electron chi connectivity index (χ1n) is 10.3. The summed E-state index contributed by atoms with van der Waals surface area (Å²) in [5, 5.41) is 3.01. The van der Waals surface area contributed by atoms with Gasteiger partial charge in [0.1, 0.15) is 11.6 Å². The van der Waals surface area contributed by atoms with Gasteiger partial charge in [-0.2, -0.15) is 0 Å². The Labute approximate surface area is 171 Å². The predicted molar refractivity (Wildman–Crippen MR) is 113 cm³/mol. The third-order valence-electron chi connectivity index (χ3n) is 5.53. The monoisotopic (exact) mass is 389 g/mol. The summed E-state index contributed by atoms with van der Waals surface area (Å²) in [7, 11) is 0. The molecule has 0 unspecified atom stereocenters. The van der Waals surface area contributed by atoms with Crippen molar-refractivity contribution in [1.29, 1.82) is 0 Å². The molecule has 1 N–H and O–H groups in total. The number of hydrogen-bond donors (Lipinski definition) is 1. The number of aromatic nitrogens is 2. The van der Waals surface area contributed by atoms with Crippen LogP contribution in [-0.2, 0) is 24.2 Å². The van der Waals surface area contributed by atoms with Crippen molar-refractivity contribution in [3.8, 4) is 11.4 Å². The molecule has 4 rings (SSSR count). The second kappa shape index (κ2) is 8.52. The molecule has 0 radical (unpaired) electrons. The van der Waals surface area contributed by atoms with Gasteiger partial charge in [-0.1, -0.05) is 24.3 Å². The fourth-order valence-corrected chi connectivity index (χ4v) is 3.89. The van der Waals surface area contributed by atoms with E-state index in [2.05, 4.69) is 22.4 Å². The molecule has 3 aromatic rings. The maximum Gasteiger partial charge on any atom is 0.261 e. The lowest BCUT2D eigenvalue weighted by atomic mass is 9.92. The lowest BCUT2D eigenvalue weighted by Gasteiger charge is -2.19. The third kappa shape index (κ3) is 4.34. The Morgan fingerprint density at radius 1 is 1.17 bits per heavy atom. The van der Waals surface area contributed by atoms with E-state index in [1.54, 1.807) is 13.1 Å². The first-order chi connectivity index (χ1) is 14.1. The van der Waals surface area contributed by atoms with Gasteiger partial charge in [0.2, 0.25) is 0 Å². The zero-order valence-electron chi connectivity index (χ0n) is 17.0. The van der Waals surface area contributed by atoms with Crippen molar-refractivity contribution in [3.63, 3.8) is 0 Å². The van der Waals surface area contributed by atoms with Crippen LogP contribution in [-0.4, -0.2) is 21.6 Å². The van der Waals surface area contributed by atoms with Gasteiger partial charge < -0.3 is 14.6 Å². The summed E-state index contributed by atoms with van der Waals surface area (Å²) in [6.45, 7) is 4.19. The molecular weight excluding hydrogens is 362 g/mol. The Balaban J connectivity index is 1.40. The number of para-hydroxylation sites is 1. The molecule has 1 heterocycles. The average Bonchev–Trinajstić information content (AvgIpc) is 3.17. The quantitative estimate of drug-likeness (QED) is 0.689. The van der Waals surface area contributed by atoms with Crippen LogP contribution in [0.2, 0.25) is 0 Å². The molecule has 5 nitrogen and oxygen atoms in total. The molecular formula is C24H27N3O2. The smallest absolute Gasteiger partial charge is 0.261 e. The minimum atomic E-state index is -0.557. The van der Waals surface area contributed by atoms with Crippen LogP contribution in [0.25, 0.3) is 5.69 Å². The van der Waals surface area contributed by atoms with Crippen LogP contribution >= 0.6 is 0 Å². The molecule has 1 aromatic heterocycles. The Bertz CT molecular complexity index is 1010. The Hall–Kier alpha value is -3.08. The van der Waals surface area contributed by atoms with E-state index in [0.717, 1.165) is 35.7 Å². The van der Waals surface area contributed by atoms with E-state index < -0.39 is 6.10 Å². The lowest BCUT2D eigenvalue weighted by molar-refractivity contribution is -0.127. The van der Waals surface area contributed by atoms with Crippen LogP contribution in [0.15, 0.2) is 54.9 Å². The first-order valence-corrected chi connectivity index (χ1v) is 10.3. The van der Waals surface area contributed by atoms with Crippen LogP contribution in [0.1, 0.15) is 42.3 Å². The predicted octanol–water partition coefficient (Wildman–Crippen LogP) is 4.14. The molecule has 0 bridgehead atoms. The van der Waals surface area contributed by atoms with Crippen molar-refractivity contribution in [1.82, 2.24) is 14.9 Å². The molecule has 0 fully saturated rings. The van der Waals surface area contributed by atoms with Gasteiger partial charge in [0.15, 0.2) is 6.10 Å². The number of benzene rings is 2. The fourth-order valence-electron chi connectivity index (χ4n) is 3.89. The summed E-state index contributed by atoms with van der Waals surface area (Å²) in [5.41, 5.74) is 4.81. The van der Waals surface area contributed by atoms with Gasteiger partial charge in [0, 0.05) is 18.9 Å². The van der Waals surface area contributed by atoms with Gasteiger partial charge in [-0.25, -0.2) is 4.98 Å². The van der Waals surface area contributed by atoms with E-state index >= 15 is 0 Å². The lowest BCUT2D eigenvalue weighted by Crippen LogP contribution is -2.36. The number of hydrogen-bond acceptors (Lipinski definition) is 3. The fraction of sp³-hybridized carbons (Fsp3) is 0.333. The van der Waals surface area contributed by atoms with Gasteiger partial charge in [0.05, 0.1) is 5.69 Å². The van der Waals surface area contributed by atoms with E-state index in [-0.39, 0.29) is 5.91 Å². The number of nitrogens with zero attached hydrogens (tertiary/aromatic N) is 2. The van der Waals surface area contributed by atoms with Crippen LogP contribution < -0.4 is 10.1 Å². The molecule has 1 amide bonds. The minimum Gasteiger partial charge on any atom is -0.481 e. The van der Waals surface area contributed by atoms with Crippen molar-refractivity contribution in [3.05, 3.63) is 77.4 Å². The number of imidazole rings is 1. The summed E-state index contributed by atoms with van der Waals surface area (Å²) in [4.78, 5) is 16.9. The van der Waals surface area contributed by atoms with Crippen molar-refractivity contribution >= 4 is 5.91 Å². The number of amides is 1. The Morgan fingerprint density at radius 2 is 1.97 bits per heavy atom. The number of fused-ring (bicyclic) bond motifs is 1. The number of ether oxygens (including phenoxy) is 1. The summed E-state index contributed by atoms with van der Waals surface area (Å²) < 4.78 is 7.95. The number of carbonyl (C=O) groups is 1. The topological polar surface area (TPSA) is 56.2 Å². The number of carbonyl (C=O) groups excluding carboxylic acids is 1. The average molecular weight is 389 g/mol. The van der Waals surface area contributed by atoms with Crippen molar-refractivity contribution in [2.24, 2.45) is 0 Å². The summed E-state index contributed by atoms with van der Waals surface area (Å²) in [5.74, 6) is 1.55. The molecule has 0 spiro atoms. The van der Waals surface area contributed by atoms with E-state index in [4.69, 9.17) is 4.74 Å². The maximum absolute atomic E-state index is 12.6. The number of aryl methyl sites for hydroxylation is 3. The van der Waals surface area contributed by atoms with E-state index in [1.165, 1.54) is 24.0 Å². The molecule has 1 aliphatic rings. The van der Waals surface area contributed by atoms with Crippen molar-refractivity contribution in [2.75, 3.05) is 0 Å². The van der Waals surface area contributed by atoms with Crippen LogP contribution in [0.4, 0.5) is 0 Å². The second-order valence-corrected chi connectivity index (χ2v) is 7.59. The van der Waals surface area contributed by atoms with Gasteiger partial charge in [-0.3, -0.25) is 4.79 Å². The summed E-state index contributed by atoms with van der Waals surface area (Å²) >= 11 is 0. The zero-order valence-corrected chi connectivity index (χ0v) is 17.0. The highest BCUT2D eigenvalue weighted by atomic mass is 16.5. The van der Waals surface area contributed by atoms with Gasteiger partial charge in [0.25, 0.3) is 5.91 Å². The molecule has 0 saturated heterocycles. The molecule has 0 saturated carbocycles. The van der Waals surface area contributed by atoms with Crippen LogP contribution in [0.5, 0.6) is 5.75 Å². The van der Waals surface area contributed by atoms with Gasteiger partial charge >= 0.3 is 0 Å². The highest BCUT2D eigenvalue weighted by molar-refractivity contribution is 5.80. The molecule has 150 valence electrons. The maximum atomic E-state index is 12.6. The van der Waals surface area contributed by atoms with E-state index in [0.29, 0.717) is 6.54 Å².